The summed E-state index contributed by atoms with van der Waals surface area (Å²) < 4.78 is 13.6. The fourth-order valence-corrected chi connectivity index (χ4v) is 1.88. The first-order valence-corrected chi connectivity index (χ1v) is 5.38. The van der Waals surface area contributed by atoms with Gasteiger partial charge in [-0.15, -0.1) is 0 Å². The minimum atomic E-state index is -0.323. The summed E-state index contributed by atoms with van der Waals surface area (Å²) in [5, 5.41) is 0.307. The van der Waals surface area contributed by atoms with Gasteiger partial charge in [0.1, 0.15) is 17.2 Å². The van der Waals surface area contributed by atoms with Crippen molar-refractivity contribution in [2.75, 3.05) is 0 Å². The summed E-state index contributed by atoms with van der Waals surface area (Å²) in [6.07, 6.45) is 1.58. The van der Waals surface area contributed by atoms with Crippen LogP contribution in [0.5, 0.6) is 0 Å². The Hall–Kier alpha value is -1.94. The number of hydrogen-bond acceptors (Lipinski definition) is 2. The first-order chi connectivity index (χ1) is 8.25. The van der Waals surface area contributed by atoms with Crippen LogP contribution in [0.15, 0.2) is 36.5 Å². The maximum atomic E-state index is 13.6. The first-order valence-electron chi connectivity index (χ1n) is 5.01. The lowest BCUT2D eigenvalue weighted by molar-refractivity contribution is 0.630. The van der Waals surface area contributed by atoms with E-state index >= 15 is 0 Å². The lowest BCUT2D eigenvalue weighted by atomic mass is 10.2. The van der Waals surface area contributed by atoms with Gasteiger partial charge in [-0.3, -0.25) is 0 Å². The van der Waals surface area contributed by atoms with Crippen molar-refractivity contribution in [3.05, 3.63) is 47.5 Å². The Bertz CT molecular complexity index is 693. The van der Waals surface area contributed by atoms with Gasteiger partial charge in [0.15, 0.2) is 5.15 Å². The molecular formula is C12H7ClFN3. The molecule has 3 aromatic rings. The molecule has 3 rings (SSSR count). The zero-order valence-electron chi connectivity index (χ0n) is 8.61. The van der Waals surface area contributed by atoms with E-state index in [1.54, 1.807) is 30.5 Å². The third kappa shape index (κ3) is 1.66. The Labute approximate surface area is 101 Å². The fourth-order valence-electron chi connectivity index (χ4n) is 1.68. The third-order valence-corrected chi connectivity index (χ3v) is 2.76. The molecule has 2 aromatic heterocycles. The Morgan fingerprint density at radius 3 is 2.76 bits per heavy atom. The molecule has 17 heavy (non-hydrogen) atoms. The van der Waals surface area contributed by atoms with E-state index < -0.39 is 0 Å². The van der Waals surface area contributed by atoms with E-state index in [1.165, 1.54) is 6.07 Å². The van der Waals surface area contributed by atoms with Crippen LogP contribution in [0.1, 0.15) is 0 Å². The molecule has 0 aliphatic rings. The Balaban J connectivity index is 2.26. The minimum absolute atomic E-state index is 0.307. The second-order valence-electron chi connectivity index (χ2n) is 3.56. The number of halogens is 2. The predicted molar refractivity (Wildman–Crippen MR) is 64.3 cm³/mol. The lowest BCUT2D eigenvalue weighted by Gasteiger charge is -1.96. The Morgan fingerprint density at radius 2 is 2.00 bits per heavy atom. The van der Waals surface area contributed by atoms with Crippen LogP contribution in [0.4, 0.5) is 4.39 Å². The van der Waals surface area contributed by atoms with Crippen LogP contribution in [0, 0.1) is 5.82 Å². The molecule has 0 saturated heterocycles. The van der Waals surface area contributed by atoms with Crippen molar-refractivity contribution >= 4 is 22.6 Å². The molecule has 0 bridgehead atoms. The maximum absolute atomic E-state index is 13.6. The van der Waals surface area contributed by atoms with E-state index in [4.69, 9.17) is 11.6 Å². The predicted octanol–water partition coefficient (Wildman–Crippen LogP) is 3.42. The third-order valence-electron chi connectivity index (χ3n) is 2.49. The molecule has 0 radical (unpaired) electrons. The molecule has 2 heterocycles. The highest BCUT2D eigenvalue weighted by atomic mass is 35.5. The van der Waals surface area contributed by atoms with Crippen LogP contribution in [-0.4, -0.2) is 15.0 Å². The molecule has 1 N–H and O–H groups in total. The molecule has 5 heteroatoms. The largest absolute Gasteiger partial charge is 0.338 e. The summed E-state index contributed by atoms with van der Waals surface area (Å²) in [6.45, 7) is 0. The molecule has 84 valence electrons. The average molecular weight is 248 g/mol. The van der Waals surface area contributed by atoms with Crippen LogP contribution < -0.4 is 0 Å². The number of nitrogens with zero attached hydrogens (tertiary/aromatic N) is 2. The van der Waals surface area contributed by atoms with E-state index in [-0.39, 0.29) is 5.82 Å². The van der Waals surface area contributed by atoms with Crippen molar-refractivity contribution < 1.29 is 4.39 Å². The Morgan fingerprint density at radius 1 is 1.18 bits per heavy atom. The number of pyridine rings is 1. The summed E-state index contributed by atoms with van der Waals surface area (Å²) >= 11 is 5.91. The van der Waals surface area contributed by atoms with Gasteiger partial charge in [-0.2, -0.15) is 0 Å². The number of nitrogens with one attached hydrogen (secondary N) is 1. The molecule has 3 nitrogen and oxygen atoms in total. The van der Waals surface area contributed by atoms with E-state index in [0.717, 1.165) is 5.52 Å². The molecule has 0 fully saturated rings. The van der Waals surface area contributed by atoms with Crippen LogP contribution in [0.25, 0.3) is 22.4 Å². The van der Waals surface area contributed by atoms with Crippen molar-refractivity contribution in [2.45, 2.75) is 0 Å². The zero-order chi connectivity index (χ0) is 11.8. The number of benzene rings is 1. The SMILES string of the molecule is Fc1ccccc1-c1nc2c(Cl)nccc2[nH]1. The van der Waals surface area contributed by atoms with Crippen molar-refractivity contribution in [3.8, 4) is 11.4 Å². The summed E-state index contributed by atoms with van der Waals surface area (Å²) in [5.74, 6) is 0.128. The van der Waals surface area contributed by atoms with Gasteiger partial charge in [-0.1, -0.05) is 23.7 Å². The fraction of sp³-hybridized carbons (Fsp3) is 0. The molecule has 0 atom stereocenters. The topological polar surface area (TPSA) is 41.6 Å². The quantitative estimate of drug-likeness (QED) is 0.670. The molecular weight excluding hydrogens is 241 g/mol. The molecule has 0 amide bonds. The standard InChI is InChI=1S/C12H7ClFN3/c13-11-10-9(5-6-15-11)16-12(17-10)7-3-1-2-4-8(7)14/h1-6H,(H,16,17). The molecule has 0 unspecified atom stereocenters. The van der Waals surface area contributed by atoms with Crippen LogP contribution >= 0.6 is 11.6 Å². The highest BCUT2D eigenvalue weighted by Crippen LogP contribution is 2.25. The molecule has 1 aromatic carbocycles. The van der Waals surface area contributed by atoms with E-state index in [1.807, 2.05) is 0 Å². The number of aromatic amines is 1. The van der Waals surface area contributed by atoms with Gasteiger partial charge < -0.3 is 4.98 Å². The van der Waals surface area contributed by atoms with Crippen molar-refractivity contribution in [1.29, 1.82) is 0 Å². The molecule has 0 spiro atoms. The minimum Gasteiger partial charge on any atom is -0.338 e. The van der Waals surface area contributed by atoms with Crippen LogP contribution in [-0.2, 0) is 0 Å². The number of aromatic nitrogens is 3. The Kier molecular flexibility index (Phi) is 2.30. The highest BCUT2D eigenvalue weighted by Gasteiger charge is 2.11. The number of rotatable bonds is 1. The van der Waals surface area contributed by atoms with E-state index in [9.17, 15) is 4.39 Å². The first kappa shape index (κ1) is 10.2. The van der Waals surface area contributed by atoms with Gasteiger partial charge in [-0.05, 0) is 18.2 Å². The summed E-state index contributed by atoms with van der Waals surface area (Å²) in [5.41, 5.74) is 1.70. The number of fused-ring (bicyclic) bond motifs is 1. The number of H-pyrrole nitrogens is 1. The molecule has 0 saturated carbocycles. The van der Waals surface area contributed by atoms with Gasteiger partial charge in [0.25, 0.3) is 0 Å². The summed E-state index contributed by atoms with van der Waals surface area (Å²) in [7, 11) is 0. The van der Waals surface area contributed by atoms with Gasteiger partial charge in [-0.25, -0.2) is 14.4 Å². The molecule has 0 aliphatic carbocycles. The zero-order valence-corrected chi connectivity index (χ0v) is 9.37. The van der Waals surface area contributed by atoms with E-state index in [2.05, 4.69) is 15.0 Å². The van der Waals surface area contributed by atoms with Gasteiger partial charge in [0, 0.05) is 6.20 Å². The smallest absolute Gasteiger partial charge is 0.156 e. The maximum Gasteiger partial charge on any atom is 0.156 e. The number of hydrogen-bond donors (Lipinski definition) is 1. The second-order valence-corrected chi connectivity index (χ2v) is 3.92. The van der Waals surface area contributed by atoms with E-state index in [0.29, 0.717) is 22.1 Å². The van der Waals surface area contributed by atoms with Crippen molar-refractivity contribution in [2.24, 2.45) is 0 Å². The normalized spacial score (nSPS) is 10.9. The average Bonchev–Trinajstić information content (AvgIpc) is 2.75. The van der Waals surface area contributed by atoms with Crippen LogP contribution in [0.3, 0.4) is 0 Å². The van der Waals surface area contributed by atoms with Crippen molar-refractivity contribution in [1.82, 2.24) is 15.0 Å². The van der Waals surface area contributed by atoms with Gasteiger partial charge >= 0.3 is 0 Å². The van der Waals surface area contributed by atoms with Crippen LogP contribution in [0.2, 0.25) is 5.15 Å². The highest BCUT2D eigenvalue weighted by molar-refractivity contribution is 6.33. The second kappa shape index (κ2) is 3.82. The monoisotopic (exact) mass is 247 g/mol. The summed E-state index contributed by atoms with van der Waals surface area (Å²) in [6, 6.07) is 8.19. The number of imidazole rings is 1. The molecule has 0 aliphatic heterocycles. The van der Waals surface area contributed by atoms with Gasteiger partial charge in [0.05, 0.1) is 11.1 Å². The van der Waals surface area contributed by atoms with Crippen molar-refractivity contribution in [3.63, 3.8) is 0 Å². The van der Waals surface area contributed by atoms with Gasteiger partial charge in [0.2, 0.25) is 0 Å². The summed E-state index contributed by atoms with van der Waals surface area (Å²) in [4.78, 5) is 11.2. The lowest BCUT2D eigenvalue weighted by Crippen LogP contribution is -1.84.